The first-order valence-corrected chi connectivity index (χ1v) is 9.47. The number of benzene rings is 3. The van der Waals surface area contributed by atoms with Crippen LogP contribution in [0.1, 0.15) is 11.1 Å². The van der Waals surface area contributed by atoms with Gasteiger partial charge in [0.05, 0.1) is 22.5 Å². The van der Waals surface area contributed by atoms with Crippen LogP contribution in [0.4, 0.5) is 18.9 Å². The number of nitrogens with zero attached hydrogens (tertiary/aromatic N) is 2. The molecule has 0 saturated heterocycles. The van der Waals surface area contributed by atoms with Crippen LogP contribution in [0.15, 0.2) is 82.6 Å². The largest absolute Gasteiger partial charge is 0.494 e. The first kappa shape index (κ1) is 20.7. The number of hydrogen-bond donors (Lipinski definition) is 1. The Bertz CT molecular complexity index is 1360. The molecule has 0 aliphatic carbocycles. The molecular weight excluding hydrogens is 429 g/mol. The first-order valence-electron chi connectivity index (χ1n) is 9.10. The van der Waals surface area contributed by atoms with Crippen molar-refractivity contribution in [3.63, 3.8) is 0 Å². The summed E-state index contributed by atoms with van der Waals surface area (Å²) in [7, 11) is 0. The molecule has 0 fully saturated rings. The molecule has 0 saturated carbocycles. The maximum absolute atomic E-state index is 13.2. The molecule has 4 rings (SSSR count). The Morgan fingerprint density at radius 2 is 1.61 bits per heavy atom. The Morgan fingerprint density at radius 1 is 0.935 bits per heavy atom. The summed E-state index contributed by atoms with van der Waals surface area (Å²) >= 11 is 5.87. The van der Waals surface area contributed by atoms with Gasteiger partial charge in [0.25, 0.3) is 5.56 Å². The van der Waals surface area contributed by atoms with Gasteiger partial charge in [-0.1, -0.05) is 35.9 Å². The number of halogens is 4. The summed E-state index contributed by atoms with van der Waals surface area (Å²) in [5.74, 6) is -0.513. The van der Waals surface area contributed by atoms with E-state index in [0.717, 1.165) is 16.7 Å². The van der Waals surface area contributed by atoms with Crippen molar-refractivity contribution in [2.75, 3.05) is 0 Å². The molecule has 4 nitrogen and oxygen atoms in total. The van der Waals surface area contributed by atoms with Crippen molar-refractivity contribution >= 4 is 34.3 Å². The molecule has 0 spiro atoms. The Morgan fingerprint density at radius 3 is 2.29 bits per heavy atom. The molecule has 0 aliphatic heterocycles. The van der Waals surface area contributed by atoms with Crippen molar-refractivity contribution in [1.29, 1.82) is 0 Å². The number of aromatic nitrogens is 1. The molecule has 1 aromatic heterocycles. The molecule has 0 radical (unpaired) electrons. The van der Waals surface area contributed by atoms with E-state index in [0.29, 0.717) is 16.1 Å². The van der Waals surface area contributed by atoms with Crippen LogP contribution < -0.4 is 5.56 Å². The molecule has 0 aliphatic rings. The molecule has 0 bridgehead atoms. The molecule has 8 heteroatoms. The second-order valence-electron chi connectivity index (χ2n) is 6.71. The molecule has 0 amide bonds. The second kappa shape index (κ2) is 7.92. The topological polar surface area (TPSA) is 54.6 Å². The van der Waals surface area contributed by atoms with Gasteiger partial charge >= 0.3 is 6.18 Å². The van der Waals surface area contributed by atoms with Crippen LogP contribution >= 0.6 is 11.6 Å². The van der Waals surface area contributed by atoms with Gasteiger partial charge in [0.2, 0.25) is 5.88 Å². The molecule has 1 heterocycles. The highest BCUT2D eigenvalue weighted by molar-refractivity contribution is 6.30. The van der Waals surface area contributed by atoms with E-state index in [2.05, 4.69) is 4.99 Å². The summed E-state index contributed by atoms with van der Waals surface area (Å²) in [5.41, 5.74) is -0.937. The third kappa shape index (κ3) is 4.04. The van der Waals surface area contributed by atoms with Crippen molar-refractivity contribution in [2.24, 2.45) is 4.99 Å². The van der Waals surface area contributed by atoms with Crippen molar-refractivity contribution in [3.8, 4) is 11.6 Å². The lowest BCUT2D eigenvalue weighted by Crippen LogP contribution is -2.20. The normalized spacial score (nSPS) is 12.0. The maximum Gasteiger partial charge on any atom is 0.416 e. The molecule has 4 aromatic rings. The molecule has 0 unspecified atom stereocenters. The summed E-state index contributed by atoms with van der Waals surface area (Å²) < 4.78 is 40.4. The molecule has 0 atom stereocenters. The number of hydrogen-bond acceptors (Lipinski definition) is 3. The minimum atomic E-state index is -4.59. The van der Waals surface area contributed by atoms with E-state index in [1.54, 1.807) is 48.5 Å². The van der Waals surface area contributed by atoms with Gasteiger partial charge in [-0.3, -0.25) is 9.79 Å². The van der Waals surface area contributed by atoms with Gasteiger partial charge in [0.1, 0.15) is 0 Å². The zero-order valence-corrected chi connectivity index (χ0v) is 16.5. The van der Waals surface area contributed by atoms with E-state index in [1.807, 2.05) is 0 Å². The van der Waals surface area contributed by atoms with E-state index in [4.69, 9.17) is 11.6 Å². The van der Waals surface area contributed by atoms with Crippen LogP contribution in [0, 0.1) is 0 Å². The summed E-state index contributed by atoms with van der Waals surface area (Å²) in [6.45, 7) is 0. The van der Waals surface area contributed by atoms with Crippen molar-refractivity contribution in [2.45, 2.75) is 6.18 Å². The predicted molar refractivity (Wildman–Crippen MR) is 115 cm³/mol. The van der Waals surface area contributed by atoms with Crippen LogP contribution in [0.25, 0.3) is 16.5 Å². The van der Waals surface area contributed by atoms with E-state index >= 15 is 0 Å². The van der Waals surface area contributed by atoms with Crippen LogP contribution in [0.3, 0.4) is 0 Å². The molecule has 156 valence electrons. The van der Waals surface area contributed by atoms with Crippen molar-refractivity contribution < 1.29 is 18.3 Å². The zero-order chi connectivity index (χ0) is 22.2. The fraction of sp³-hybridized carbons (Fsp3) is 0.0435. The van der Waals surface area contributed by atoms with Gasteiger partial charge in [-0.25, -0.2) is 4.57 Å². The highest BCUT2D eigenvalue weighted by atomic mass is 35.5. The number of alkyl halides is 3. The number of pyridine rings is 1. The Hall–Kier alpha value is -3.58. The quantitative estimate of drug-likeness (QED) is 0.389. The minimum Gasteiger partial charge on any atom is -0.494 e. The van der Waals surface area contributed by atoms with E-state index in [1.165, 1.54) is 18.3 Å². The van der Waals surface area contributed by atoms with E-state index in [-0.39, 0.29) is 16.6 Å². The second-order valence-corrected chi connectivity index (χ2v) is 7.14. The molecule has 1 N–H and O–H groups in total. The fourth-order valence-electron chi connectivity index (χ4n) is 3.22. The van der Waals surface area contributed by atoms with Crippen molar-refractivity contribution in [3.05, 3.63) is 99.3 Å². The Kier molecular flexibility index (Phi) is 5.29. The SMILES string of the molecule is O=c1c2ccccc2c(C=Nc2ccc(Cl)cc2)c(O)n1-c1cccc(C(F)(F)F)c1. The maximum atomic E-state index is 13.2. The van der Waals surface area contributed by atoms with Gasteiger partial charge in [-0.05, 0) is 48.5 Å². The third-order valence-electron chi connectivity index (χ3n) is 4.70. The van der Waals surface area contributed by atoms with Gasteiger partial charge < -0.3 is 5.11 Å². The lowest BCUT2D eigenvalue weighted by atomic mass is 10.1. The van der Waals surface area contributed by atoms with E-state index < -0.39 is 23.2 Å². The summed E-state index contributed by atoms with van der Waals surface area (Å²) in [6, 6.07) is 17.4. The van der Waals surface area contributed by atoms with Gasteiger partial charge in [-0.15, -0.1) is 0 Å². The number of fused-ring (bicyclic) bond motifs is 1. The minimum absolute atomic E-state index is 0.107. The standard InChI is InChI=1S/C23H14ClF3N2O2/c24-15-8-10-16(11-9-15)28-13-20-18-6-1-2-7-19(18)21(30)29(22(20)31)17-5-3-4-14(12-17)23(25,26)27/h1-13,31H. The number of aromatic hydroxyl groups is 1. The highest BCUT2D eigenvalue weighted by Gasteiger charge is 2.31. The molecular formula is C23H14ClF3N2O2. The number of aliphatic imine (C=N–C) groups is 1. The van der Waals surface area contributed by atoms with Gasteiger partial charge in [0, 0.05) is 22.0 Å². The Balaban J connectivity index is 1.96. The fourth-order valence-corrected chi connectivity index (χ4v) is 3.34. The lowest BCUT2D eigenvalue weighted by molar-refractivity contribution is -0.137. The smallest absolute Gasteiger partial charge is 0.416 e. The molecule has 3 aromatic carbocycles. The average molecular weight is 443 g/mol. The Labute approximate surface area is 179 Å². The van der Waals surface area contributed by atoms with Crippen molar-refractivity contribution in [1.82, 2.24) is 4.57 Å². The number of rotatable bonds is 3. The average Bonchev–Trinajstić information content (AvgIpc) is 2.75. The van der Waals surface area contributed by atoms with E-state index in [9.17, 15) is 23.1 Å². The van der Waals surface area contributed by atoms with Crippen LogP contribution in [-0.4, -0.2) is 15.9 Å². The highest BCUT2D eigenvalue weighted by Crippen LogP contribution is 2.32. The molecule has 31 heavy (non-hydrogen) atoms. The predicted octanol–water partition coefficient (Wildman–Crippen LogP) is 6.12. The zero-order valence-electron chi connectivity index (χ0n) is 15.8. The lowest BCUT2D eigenvalue weighted by Gasteiger charge is -2.15. The monoisotopic (exact) mass is 442 g/mol. The van der Waals surface area contributed by atoms with Crippen LogP contribution in [-0.2, 0) is 6.18 Å². The van der Waals surface area contributed by atoms with Crippen LogP contribution in [0.2, 0.25) is 5.02 Å². The summed E-state index contributed by atoms with van der Waals surface area (Å²) in [6.07, 6.45) is -3.23. The summed E-state index contributed by atoms with van der Waals surface area (Å²) in [4.78, 5) is 17.3. The van der Waals surface area contributed by atoms with Gasteiger partial charge in [0.15, 0.2) is 0 Å². The third-order valence-corrected chi connectivity index (χ3v) is 4.96. The van der Waals surface area contributed by atoms with Gasteiger partial charge in [-0.2, -0.15) is 13.2 Å². The first-order chi connectivity index (χ1) is 14.8. The summed E-state index contributed by atoms with van der Waals surface area (Å²) in [5, 5.41) is 12.1. The van der Waals surface area contributed by atoms with Crippen LogP contribution in [0.5, 0.6) is 5.88 Å².